The predicted octanol–water partition coefficient (Wildman–Crippen LogP) is 1.30. The summed E-state index contributed by atoms with van der Waals surface area (Å²) in [5.74, 6) is 7.77. The zero-order valence-electron chi connectivity index (χ0n) is 8.05. The van der Waals surface area contributed by atoms with E-state index in [1.807, 2.05) is 11.8 Å². The minimum Gasteiger partial charge on any atom is -0.311 e. The van der Waals surface area contributed by atoms with Crippen LogP contribution >= 0.6 is 11.8 Å². The van der Waals surface area contributed by atoms with Crippen LogP contribution in [0.2, 0.25) is 0 Å². The normalized spacial score (nSPS) is 35.1. The molecule has 3 nitrogen and oxygen atoms in total. The highest BCUT2D eigenvalue weighted by Crippen LogP contribution is 2.39. The Kier molecular flexibility index (Phi) is 2.51. The lowest BCUT2D eigenvalue weighted by Gasteiger charge is -2.24. The van der Waals surface area contributed by atoms with Gasteiger partial charge in [-0.2, -0.15) is 0 Å². The van der Waals surface area contributed by atoms with E-state index in [1.54, 1.807) is 0 Å². The van der Waals surface area contributed by atoms with Gasteiger partial charge in [0.05, 0.1) is 10.8 Å². The number of aliphatic imine (C=N–C) groups is 1. The predicted molar refractivity (Wildman–Crippen MR) is 57.9 cm³/mol. The molecule has 0 aromatic heterocycles. The molecule has 0 amide bonds. The van der Waals surface area contributed by atoms with Crippen molar-refractivity contribution in [1.29, 1.82) is 0 Å². The summed E-state index contributed by atoms with van der Waals surface area (Å²) in [6, 6.07) is 0.559. The third-order valence-corrected chi connectivity index (χ3v) is 4.24. The van der Waals surface area contributed by atoms with E-state index in [9.17, 15) is 0 Å². The molecule has 1 aliphatic heterocycles. The summed E-state index contributed by atoms with van der Waals surface area (Å²) in [6.07, 6.45) is 4.97. The van der Waals surface area contributed by atoms with Gasteiger partial charge in [0.1, 0.15) is 5.84 Å². The number of nitrogens with two attached hydrogens (primary N) is 1. The Balaban J connectivity index is 2.09. The Morgan fingerprint density at radius 1 is 1.62 bits per heavy atom. The van der Waals surface area contributed by atoms with Crippen LogP contribution in [-0.2, 0) is 0 Å². The first-order valence-corrected chi connectivity index (χ1v) is 5.92. The summed E-state index contributed by atoms with van der Waals surface area (Å²) < 4.78 is 0.164. The van der Waals surface area contributed by atoms with Crippen molar-refractivity contribution >= 4 is 17.6 Å². The molecule has 0 aromatic rings. The Labute approximate surface area is 83.5 Å². The molecule has 0 bridgehead atoms. The molecule has 1 unspecified atom stereocenters. The van der Waals surface area contributed by atoms with Gasteiger partial charge in [-0.1, -0.05) is 0 Å². The van der Waals surface area contributed by atoms with Crippen LogP contribution in [0.4, 0.5) is 0 Å². The van der Waals surface area contributed by atoms with Crippen molar-refractivity contribution in [3.05, 3.63) is 0 Å². The second kappa shape index (κ2) is 3.50. The van der Waals surface area contributed by atoms with Gasteiger partial charge < -0.3 is 5.43 Å². The number of nitrogens with one attached hydrogen (secondary N) is 1. The number of rotatable bonds is 2. The van der Waals surface area contributed by atoms with Crippen molar-refractivity contribution in [2.45, 2.75) is 43.4 Å². The monoisotopic (exact) mass is 199 g/mol. The summed E-state index contributed by atoms with van der Waals surface area (Å²) in [5.41, 5.74) is 2.78. The number of hydrogen-bond acceptors (Lipinski definition) is 3. The van der Waals surface area contributed by atoms with Crippen LogP contribution in [-0.4, -0.2) is 22.4 Å². The number of nitrogens with zero attached hydrogens (tertiary/aromatic N) is 1. The molecule has 2 rings (SSSR count). The SMILES string of the molecule is CC1(C(=NC2CC2)NN)CCCS1. The minimum atomic E-state index is 0.164. The van der Waals surface area contributed by atoms with Gasteiger partial charge in [-0.15, -0.1) is 11.8 Å². The lowest BCUT2D eigenvalue weighted by molar-refractivity contribution is 0.720. The molecule has 1 atom stereocenters. The largest absolute Gasteiger partial charge is 0.311 e. The molecule has 2 fully saturated rings. The Bertz CT molecular complexity index is 217. The van der Waals surface area contributed by atoms with Gasteiger partial charge >= 0.3 is 0 Å². The molecule has 13 heavy (non-hydrogen) atoms. The molecule has 4 heteroatoms. The fraction of sp³-hybridized carbons (Fsp3) is 0.889. The van der Waals surface area contributed by atoms with Crippen molar-refractivity contribution in [3.63, 3.8) is 0 Å². The zero-order valence-corrected chi connectivity index (χ0v) is 8.86. The second-order valence-electron chi connectivity index (χ2n) is 4.04. The highest BCUT2D eigenvalue weighted by Gasteiger charge is 2.36. The molecule has 0 aromatic carbocycles. The number of hydrogen-bond donors (Lipinski definition) is 2. The zero-order chi connectivity index (χ0) is 9.31. The van der Waals surface area contributed by atoms with Crippen LogP contribution in [0, 0.1) is 0 Å². The lowest BCUT2D eigenvalue weighted by atomic mass is 10.0. The van der Waals surface area contributed by atoms with Gasteiger partial charge in [-0.25, -0.2) is 5.84 Å². The highest BCUT2D eigenvalue weighted by molar-refractivity contribution is 8.01. The Morgan fingerprint density at radius 2 is 2.38 bits per heavy atom. The number of amidine groups is 1. The van der Waals surface area contributed by atoms with Gasteiger partial charge in [0.15, 0.2) is 0 Å². The summed E-state index contributed by atoms with van der Waals surface area (Å²) in [6.45, 7) is 2.24. The number of thioether (sulfide) groups is 1. The third-order valence-electron chi connectivity index (χ3n) is 2.71. The third kappa shape index (κ3) is 1.99. The van der Waals surface area contributed by atoms with E-state index in [4.69, 9.17) is 5.84 Å². The van der Waals surface area contributed by atoms with Gasteiger partial charge in [0.25, 0.3) is 0 Å². The molecule has 1 saturated carbocycles. The van der Waals surface area contributed by atoms with E-state index < -0.39 is 0 Å². The first-order valence-electron chi connectivity index (χ1n) is 4.93. The first-order chi connectivity index (χ1) is 6.24. The van der Waals surface area contributed by atoms with Gasteiger partial charge in [0, 0.05) is 0 Å². The van der Waals surface area contributed by atoms with Crippen molar-refractivity contribution < 1.29 is 0 Å². The quantitative estimate of drug-likeness (QED) is 0.305. The lowest BCUT2D eigenvalue weighted by Crippen LogP contribution is -2.44. The highest BCUT2D eigenvalue weighted by atomic mass is 32.2. The van der Waals surface area contributed by atoms with Crippen molar-refractivity contribution in [2.24, 2.45) is 10.8 Å². The van der Waals surface area contributed by atoms with Crippen LogP contribution in [0.1, 0.15) is 32.6 Å². The van der Waals surface area contributed by atoms with Gasteiger partial charge in [-0.3, -0.25) is 4.99 Å². The molecule has 3 N–H and O–H groups in total. The molecule has 2 aliphatic rings. The van der Waals surface area contributed by atoms with E-state index in [0.29, 0.717) is 6.04 Å². The Morgan fingerprint density at radius 3 is 2.85 bits per heavy atom. The summed E-state index contributed by atoms with van der Waals surface area (Å²) in [4.78, 5) is 4.62. The standard InChI is InChI=1S/C9H17N3S/c1-9(5-2-6-13-9)8(12-10)11-7-3-4-7/h7H,2-6,10H2,1H3,(H,11,12). The number of hydrazine groups is 1. The molecule has 0 radical (unpaired) electrons. The van der Waals surface area contributed by atoms with E-state index in [0.717, 1.165) is 5.84 Å². The van der Waals surface area contributed by atoms with E-state index >= 15 is 0 Å². The molecular weight excluding hydrogens is 182 g/mol. The summed E-state index contributed by atoms with van der Waals surface area (Å²) in [7, 11) is 0. The van der Waals surface area contributed by atoms with Crippen LogP contribution in [0.5, 0.6) is 0 Å². The van der Waals surface area contributed by atoms with E-state index in [2.05, 4.69) is 17.3 Å². The summed E-state index contributed by atoms with van der Waals surface area (Å²) in [5, 5.41) is 0. The molecule has 74 valence electrons. The van der Waals surface area contributed by atoms with Crippen molar-refractivity contribution in [3.8, 4) is 0 Å². The molecule has 1 aliphatic carbocycles. The van der Waals surface area contributed by atoms with Gasteiger partial charge in [0.2, 0.25) is 0 Å². The van der Waals surface area contributed by atoms with Crippen molar-refractivity contribution in [2.75, 3.05) is 5.75 Å². The first kappa shape index (κ1) is 9.34. The minimum absolute atomic E-state index is 0.164. The van der Waals surface area contributed by atoms with E-state index in [1.165, 1.54) is 31.4 Å². The Hall–Kier alpha value is -0.220. The molecular formula is C9H17N3S. The maximum Gasteiger partial charge on any atom is 0.127 e. The topological polar surface area (TPSA) is 50.4 Å². The average Bonchev–Trinajstić information content (AvgIpc) is 2.84. The molecule has 0 spiro atoms. The fourth-order valence-corrected chi connectivity index (χ4v) is 2.95. The van der Waals surface area contributed by atoms with Crippen LogP contribution < -0.4 is 11.3 Å². The fourth-order valence-electron chi connectivity index (χ4n) is 1.68. The van der Waals surface area contributed by atoms with E-state index in [-0.39, 0.29) is 4.75 Å². The van der Waals surface area contributed by atoms with Crippen LogP contribution in [0.15, 0.2) is 4.99 Å². The molecule has 1 saturated heterocycles. The molecule has 1 heterocycles. The van der Waals surface area contributed by atoms with Crippen molar-refractivity contribution in [1.82, 2.24) is 5.43 Å². The van der Waals surface area contributed by atoms with Gasteiger partial charge in [-0.05, 0) is 38.4 Å². The second-order valence-corrected chi connectivity index (χ2v) is 5.63. The van der Waals surface area contributed by atoms with Crippen LogP contribution in [0.3, 0.4) is 0 Å². The van der Waals surface area contributed by atoms with Crippen LogP contribution in [0.25, 0.3) is 0 Å². The maximum atomic E-state index is 5.52. The smallest absolute Gasteiger partial charge is 0.127 e. The maximum absolute atomic E-state index is 5.52. The summed E-state index contributed by atoms with van der Waals surface area (Å²) >= 11 is 1.97. The average molecular weight is 199 g/mol.